The van der Waals surface area contributed by atoms with Gasteiger partial charge in [0.1, 0.15) is 5.82 Å². The minimum absolute atomic E-state index is 0.0949. The number of amides is 1. The third-order valence-corrected chi connectivity index (χ3v) is 3.71. The van der Waals surface area contributed by atoms with Crippen LogP contribution in [0.1, 0.15) is 34.5 Å². The number of nitrogens with zero attached hydrogens (tertiary/aromatic N) is 1. The molecule has 3 nitrogen and oxygen atoms in total. The highest BCUT2D eigenvalue weighted by Gasteiger charge is 2.20. The summed E-state index contributed by atoms with van der Waals surface area (Å²) in [5.41, 5.74) is 8.41. The fourth-order valence-corrected chi connectivity index (χ4v) is 2.16. The Labute approximate surface area is 124 Å². The molecule has 0 aliphatic heterocycles. The van der Waals surface area contributed by atoms with E-state index in [4.69, 9.17) is 5.73 Å². The van der Waals surface area contributed by atoms with Gasteiger partial charge in [0, 0.05) is 12.7 Å². The number of carbonyl (C=O) groups excluding carboxylic acids is 1. The molecule has 2 aromatic carbocycles. The molecule has 0 saturated carbocycles. The lowest BCUT2D eigenvalue weighted by molar-refractivity contribution is 0.0743. The molecule has 4 heteroatoms. The van der Waals surface area contributed by atoms with Gasteiger partial charge in [-0.1, -0.05) is 29.8 Å². The first-order valence-electron chi connectivity index (χ1n) is 6.79. The van der Waals surface area contributed by atoms with Gasteiger partial charge < -0.3 is 10.6 Å². The first-order chi connectivity index (χ1) is 9.90. The lowest BCUT2D eigenvalue weighted by atomic mass is 10.0. The molecule has 1 unspecified atom stereocenters. The van der Waals surface area contributed by atoms with Crippen LogP contribution in [-0.2, 0) is 0 Å². The van der Waals surface area contributed by atoms with Crippen LogP contribution in [0.5, 0.6) is 0 Å². The highest BCUT2D eigenvalue weighted by molar-refractivity contribution is 5.99. The highest BCUT2D eigenvalue weighted by Crippen LogP contribution is 2.23. The minimum Gasteiger partial charge on any atom is -0.398 e. The SMILES string of the molecule is Cc1ccc(C(C)N(C)C(=O)c2ccc(F)cc2N)cc1. The summed E-state index contributed by atoms with van der Waals surface area (Å²) in [6, 6.07) is 11.8. The molecule has 1 amide bonds. The Morgan fingerprint density at radius 2 is 1.81 bits per heavy atom. The molecule has 0 spiro atoms. The molecule has 110 valence electrons. The number of hydrogen-bond acceptors (Lipinski definition) is 2. The van der Waals surface area contributed by atoms with E-state index in [1.54, 1.807) is 11.9 Å². The van der Waals surface area contributed by atoms with Crippen molar-refractivity contribution in [1.29, 1.82) is 0 Å². The number of aryl methyl sites for hydroxylation is 1. The van der Waals surface area contributed by atoms with E-state index in [0.29, 0.717) is 5.56 Å². The van der Waals surface area contributed by atoms with Crippen LogP contribution in [0.4, 0.5) is 10.1 Å². The Morgan fingerprint density at radius 1 is 1.19 bits per heavy atom. The molecule has 2 rings (SSSR count). The van der Waals surface area contributed by atoms with Gasteiger partial charge in [-0.25, -0.2) is 4.39 Å². The molecule has 0 radical (unpaired) electrons. The van der Waals surface area contributed by atoms with E-state index in [1.807, 2.05) is 38.1 Å². The molecule has 1 atom stereocenters. The second kappa shape index (κ2) is 5.95. The van der Waals surface area contributed by atoms with E-state index in [-0.39, 0.29) is 17.6 Å². The summed E-state index contributed by atoms with van der Waals surface area (Å²) >= 11 is 0. The average Bonchev–Trinajstić information content (AvgIpc) is 2.46. The van der Waals surface area contributed by atoms with E-state index in [1.165, 1.54) is 17.7 Å². The Kier molecular flexibility index (Phi) is 4.26. The number of halogens is 1. The molecule has 0 aliphatic carbocycles. The molecule has 0 aliphatic rings. The largest absolute Gasteiger partial charge is 0.398 e. The number of hydrogen-bond donors (Lipinski definition) is 1. The third kappa shape index (κ3) is 3.21. The Balaban J connectivity index is 2.24. The van der Waals surface area contributed by atoms with Crippen molar-refractivity contribution in [3.05, 3.63) is 65.0 Å². The molecule has 21 heavy (non-hydrogen) atoms. The van der Waals surface area contributed by atoms with E-state index in [0.717, 1.165) is 11.6 Å². The maximum atomic E-state index is 13.1. The van der Waals surface area contributed by atoms with Crippen LogP contribution in [-0.4, -0.2) is 17.9 Å². The number of benzene rings is 2. The van der Waals surface area contributed by atoms with Crippen LogP contribution in [0.3, 0.4) is 0 Å². The molecule has 0 saturated heterocycles. The predicted octanol–water partition coefficient (Wildman–Crippen LogP) is 3.55. The molecule has 0 bridgehead atoms. The molecular formula is C17H19FN2O. The van der Waals surface area contributed by atoms with Gasteiger partial charge in [-0.15, -0.1) is 0 Å². The fraction of sp³-hybridized carbons (Fsp3) is 0.235. The molecule has 2 N–H and O–H groups in total. The smallest absolute Gasteiger partial charge is 0.256 e. The third-order valence-electron chi connectivity index (χ3n) is 3.71. The predicted molar refractivity (Wildman–Crippen MR) is 82.5 cm³/mol. The Hall–Kier alpha value is -2.36. The Bertz CT molecular complexity index is 652. The van der Waals surface area contributed by atoms with Crippen LogP contribution in [0.2, 0.25) is 0 Å². The topological polar surface area (TPSA) is 46.3 Å². The summed E-state index contributed by atoms with van der Waals surface area (Å²) in [6.07, 6.45) is 0. The van der Waals surface area contributed by atoms with Gasteiger partial charge in [-0.3, -0.25) is 4.79 Å². The number of nitrogen functional groups attached to an aromatic ring is 1. The van der Waals surface area contributed by atoms with Crippen molar-refractivity contribution in [1.82, 2.24) is 4.90 Å². The van der Waals surface area contributed by atoms with Crippen molar-refractivity contribution in [2.24, 2.45) is 0 Å². The molecule has 2 aromatic rings. The summed E-state index contributed by atoms with van der Waals surface area (Å²) in [4.78, 5) is 14.1. The van der Waals surface area contributed by atoms with Gasteiger partial charge in [0.2, 0.25) is 0 Å². The van der Waals surface area contributed by atoms with Gasteiger partial charge in [0.15, 0.2) is 0 Å². The zero-order valence-electron chi connectivity index (χ0n) is 12.4. The van der Waals surface area contributed by atoms with Crippen molar-refractivity contribution < 1.29 is 9.18 Å². The van der Waals surface area contributed by atoms with Gasteiger partial charge in [-0.2, -0.15) is 0 Å². The zero-order chi connectivity index (χ0) is 15.6. The summed E-state index contributed by atoms with van der Waals surface area (Å²) in [5.74, 6) is -0.668. The lowest BCUT2D eigenvalue weighted by Crippen LogP contribution is -2.30. The van der Waals surface area contributed by atoms with Crippen LogP contribution < -0.4 is 5.73 Å². The number of carbonyl (C=O) groups is 1. The highest BCUT2D eigenvalue weighted by atomic mass is 19.1. The maximum Gasteiger partial charge on any atom is 0.256 e. The molecule has 0 aromatic heterocycles. The summed E-state index contributed by atoms with van der Waals surface area (Å²) in [5, 5.41) is 0. The van der Waals surface area contributed by atoms with E-state index in [2.05, 4.69) is 0 Å². The van der Waals surface area contributed by atoms with Crippen molar-refractivity contribution in [2.45, 2.75) is 19.9 Å². The quantitative estimate of drug-likeness (QED) is 0.877. The van der Waals surface area contributed by atoms with Gasteiger partial charge in [0.25, 0.3) is 5.91 Å². The standard InChI is InChI=1S/C17H19FN2O/c1-11-4-6-13(7-5-11)12(2)20(3)17(21)15-9-8-14(18)10-16(15)19/h4-10,12H,19H2,1-3H3. The Morgan fingerprint density at radius 3 is 2.38 bits per heavy atom. The maximum absolute atomic E-state index is 13.1. The first kappa shape index (κ1) is 15.0. The second-order valence-corrected chi connectivity index (χ2v) is 5.23. The normalized spacial score (nSPS) is 12.0. The molecule has 0 fully saturated rings. The van der Waals surface area contributed by atoms with Crippen molar-refractivity contribution in [3.8, 4) is 0 Å². The van der Waals surface area contributed by atoms with Crippen molar-refractivity contribution >= 4 is 11.6 Å². The summed E-state index contributed by atoms with van der Waals surface area (Å²) in [6.45, 7) is 3.96. The van der Waals surface area contributed by atoms with Gasteiger partial charge in [0.05, 0.1) is 11.6 Å². The summed E-state index contributed by atoms with van der Waals surface area (Å²) < 4.78 is 13.1. The fourth-order valence-electron chi connectivity index (χ4n) is 2.16. The second-order valence-electron chi connectivity index (χ2n) is 5.23. The first-order valence-corrected chi connectivity index (χ1v) is 6.79. The van der Waals surface area contributed by atoms with Crippen molar-refractivity contribution in [3.63, 3.8) is 0 Å². The lowest BCUT2D eigenvalue weighted by Gasteiger charge is -2.26. The number of rotatable bonds is 3. The van der Waals surface area contributed by atoms with Gasteiger partial charge in [-0.05, 0) is 37.6 Å². The van der Waals surface area contributed by atoms with Crippen molar-refractivity contribution in [2.75, 3.05) is 12.8 Å². The van der Waals surface area contributed by atoms with Crippen LogP contribution in [0.15, 0.2) is 42.5 Å². The number of anilines is 1. The summed E-state index contributed by atoms with van der Waals surface area (Å²) in [7, 11) is 1.72. The van der Waals surface area contributed by atoms with Gasteiger partial charge >= 0.3 is 0 Å². The van der Waals surface area contributed by atoms with E-state index < -0.39 is 5.82 Å². The van der Waals surface area contributed by atoms with E-state index in [9.17, 15) is 9.18 Å². The monoisotopic (exact) mass is 286 g/mol. The molecular weight excluding hydrogens is 267 g/mol. The minimum atomic E-state index is -0.446. The van der Waals surface area contributed by atoms with Crippen LogP contribution >= 0.6 is 0 Å². The van der Waals surface area contributed by atoms with Crippen LogP contribution in [0, 0.1) is 12.7 Å². The van der Waals surface area contributed by atoms with E-state index >= 15 is 0 Å². The zero-order valence-corrected chi connectivity index (χ0v) is 12.4. The van der Waals surface area contributed by atoms with Crippen LogP contribution in [0.25, 0.3) is 0 Å². The molecule has 0 heterocycles. The number of nitrogens with two attached hydrogens (primary N) is 1. The average molecular weight is 286 g/mol.